The number of anilines is 1. The van der Waals surface area contributed by atoms with Crippen molar-refractivity contribution in [1.29, 1.82) is 0 Å². The maximum absolute atomic E-state index is 14.3. The third-order valence-corrected chi connectivity index (χ3v) is 3.66. The summed E-state index contributed by atoms with van der Waals surface area (Å²) in [7, 11) is 0. The number of benzene rings is 1. The number of halogens is 2. The van der Waals surface area contributed by atoms with Crippen LogP contribution in [0.5, 0.6) is 5.75 Å². The summed E-state index contributed by atoms with van der Waals surface area (Å²) in [6.07, 6.45) is -2.12. The fourth-order valence-corrected chi connectivity index (χ4v) is 2.52. The number of nitrogens with zero attached hydrogens (tertiary/aromatic N) is 1. The number of carbonyl (C=O) groups is 1. The van der Waals surface area contributed by atoms with Crippen molar-refractivity contribution >= 4 is 23.4 Å². The monoisotopic (exact) mass is 344 g/mol. The Balaban J connectivity index is 1.95. The molecule has 1 saturated heterocycles. The minimum Gasteiger partial charge on any atom is -0.486 e. The van der Waals surface area contributed by atoms with E-state index in [0.29, 0.717) is 29.4 Å². The molecular formula is C16H22ClFN2O3. The van der Waals surface area contributed by atoms with Gasteiger partial charge >= 0.3 is 6.09 Å². The molecule has 1 aliphatic heterocycles. The molecule has 0 spiro atoms. The molecule has 2 atom stereocenters. The van der Waals surface area contributed by atoms with Crippen LogP contribution in [0.1, 0.15) is 27.2 Å². The zero-order valence-electron chi connectivity index (χ0n) is 13.5. The third-order valence-electron chi connectivity index (χ3n) is 3.37. The first kappa shape index (κ1) is 17.7. The lowest BCUT2D eigenvalue weighted by molar-refractivity contribution is -0.0105. The summed E-state index contributed by atoms with van der Waals surface area (Å²) in [5, 5.41) is 0.340. The fourth-order valence-electron chi connectivity index (χ4n) is 2.28. The number of carbonyl (C=O) groups excluding carboxylic acids is 1. The molecule has 0 bridgehead atoms. The van der Waals surface area contributed by atoms with E-state index in [1.54, 1.807) is 39.0 Å². The molecule has 1 aromatic carbocycles. The number of amides is 1. The van der Waals surface area contributed by atoms with Crippen molar-refractivity contribution in [3.8, 4) is 5.75 Å². The van der Waals surface area contributed by atoms with Crippen molar-refractivity contribution < 1.29 is 18.7 Å². The SMILES string of the molecule is CC(C)(C)OC(=O)N1CC[C@H](Oc2ccc(N)cc2Cl)[C@@H](F)C1. The fraction of sp³-hybridized carbons (Fsp3) is 0.562. The van der Waals surface area contributed by atoms with Crippen LogP contribution >= 0.6 is 11.6 Å². The number of alkyl halides is 1. The molecule has 2 rings (SSSR count). The van der Waals surface area contributed by atoms with Crippen LogP contribution in [0, 0.1) is 0 Å². The van der Waals surface area contributed by atoms with Gasteiger partial charge in [0.25, 0.3) is 0 Å². The second-order valence-electron chi connectivity index (χ2n) is 6.58. The van der Waals surface area contributed by atoms with E-state index in [1.165, 1.54) is 4.90 Å². The minimum atomic E-state index is -1.31. The smallest absolute Gasteiger partial charge is 0.410 e. The van der Waals surface area contributed by atoms with Gasteiger partial charge in [0, 0.05) is 18.7 Å². The highest BCUT2D eigenvalue weighted by molar-refractivity contribution is 6.32. The molecule has 0 aromatic heterocycles. The molecule has 2 N–H and O–H groups in total. The predicted octanol–water partition coefficient (Wildman–Crippen LogP) is 3.65. The normalized spacial score (nSPS) is 21.9. The van der Waals surface area contributed by atoms with Gasteiger partial charge in [-0.05, 0) is 39.0 Å². The first-order chi connectivity index (χ1) is 10.7. The van der Waals surface area contributed by atoms with Gasteiger partial charge in [0.15, 0.2) is 6.17 Å². The Kier molecular flexibility index (Phi) is 5.24. The van der Waals surface area contributed by atoms with Gasteiger partial charge < -0.3 is 20.1 Å². The third kappa shape index (κ3) is 4.89. The summed E-state index contributed by atoms with van der Waals surface area (Å²) in [6, 6.07) is 4.81. The van der Waals surface area contributed by atoms with E-state index in [2.05, 4.69) is 0 Å². The Morgan fingerprint density at radius 3 is 2.70 bits per heavy atom. The van der Waals surface area contributed by atoms with Gasteiger partial charge in [0.1, 0.15) is 17.5 Å². The van der Waals surface area contributed by atoms with E-state index in [9.17, 15) is 9.18 Å². The van der Waals surface area contributed by atoms with Crippen LogP contribution in [0.15, 0.2) is 18.2 Å². The van der Waals surface area contributed by atoms with Crippen LogP contribution in [0.2, 0.25) is 5.02 Å². The highest BCUT2D eigenvalue weighted by atomic mass is 35.5. The maximum Gasteiger partial charge on any atom is 0.410 e. The molecule has 23 heavy (non-hydrogen) atoms. The van der Waals surface area contributed by atoms with E-state index >= 15 is 0 Å². The summed E-state index contributed by atoms with van der Waals surface area (Å²) >= 11 is 6.04. The number of likely N-dealkylation sites (tertiary alicyclic amines) is 1. The summed E-state index contributed by atoms with van der Waals surface area (Å²) in [6.45, 7) is 5.63. The standard InChI is InChI=1S/C16H22ClFN2O3/c1-16(2,3)23-15(21)20-7-6-14(12(18)9-20)22-13-5-4-10(19)8-11(13)17/h4-5,8,12,14H,6-7,9,19H2,1-3H3/t12-,14-/m0/s1. The van der Waals surface area contributed by atoms with Crippen LogP contribution < -0.4 is 10.5 Å². The van der Waals surface area contributed by atoms with E-state index in [0.717, 1.165) is 0 Å². The molecule has 7 heteroatoms. The zero-order valence-corrected chi connectivity index (χ0v) is 14.3. The van der Waals surface area contributed by atoms with E-state index in [1.807, 2.05) is 0 Å². The number of piperidine rings is 1. The average Bonchev–Trinajstić information content (AvgIpc) is 2.41. The molecule has 5 nitrogen and oxygen atoms in total. The second kappa shape index (κ2) is 6.83. The highest BCUT2D eigenvalue weighted by Crippen LogP contribution is 2.30. The molecule has 0 saturated carbocycles. The topological polar surface area (TPSA) is 64.8 Å². The Morgan fingerprint density at radius 1 is 1.43 bits per heavy atom. The maximum atomic E-state index is 14.3. The summed E-state index contributed by atoms with van der Waals surface area (Å²) < 4.78 is 25.2. The lowest BCUT2D eigenvalue weighted by Gasteiger charge is -2.35. The summed E-state index contributed by atoms with van der Waals surface area (Å²) in [5.74, 6) is 0.388. The number of ether oxygens (including phenoxy) is 2. The lowest BCUT2D eigenvalue weighted by Crippen LogP contribution is -2.50. The Labute approximate surface area is 140 Å². The van der Waals surface area contributed by atoms with Gasteiger partial charge in [-0.2, -0.15) is 0 Å². The number of rotatable bonds is 2. The Morgan fingerprint density at radius 2 is 2.13 bits per heavy atom. The first-order valence-corrected chi connectivity index (χ1v) is 7.87. The molecule has 1 heterocycles. The summed E-state index contributed by atoms with van der Waals surface area (Å²) in [5.41, 5.74) is 5.53. The van der Waals surface area contributed by atoms with Crippen LogP contribution in [0.3, 0.4) is 0 Å². The van der Waals surface area contributed by atoms with Crippen LogP contribution in [0.4, 0.5) is 14.9 Å². The molecule has 1 aliphatic rings. The molecule has 0 unspecified atom stereocenters. The van der Waals surface area contributed by atoms with Crippen LogP contribution in [-0.2, 0) is 4.74 Å². The van der Waals surface area contributed by atoms with Crippen molar-refractivity contribution in [1.82, 2.24) is 4.90 Å². The Bertz CT molecular complexity index is 577. The van der Waals surface area contributed by atoms with Gasteiger partial charge in [0.05, 0.1) is 11.6 Å². The van der Waals surface area contributed by atoms with Crippen LogP contribution in [0.25, 0.3) is 0 Å². The number of nitrogens with two attached hydrogens (primary N) is 1. The van der Waals surface area contributed by atoms with Gasteiger partial charge in [-0.1, -0.05) is 11.6 Å². The first-order valence-electron chi connectivity index (χ1n) is 7.49. The highest BCUT2D eigenvalue weighted by Gasteiger charge is 2.35. The molecule has 0 radical (unpaired) electrons. The molecular weight excluding hydrogens is 323 g/mol. The van der Waals surface area contributed by atoms with Crippen molar-refractivity contribution in [2.24, 2.45) is 0 Å². The molecule has 1 aromatic rings. The van der Waals surface area contributed by atoms with Gasteiger partial charge in [-0.15, -0.1) is 0 Å². The molecule has 1 amide bonds. The van der Waals surface area contributed by atoms with Gasteiger partial charge in [-0.25, -0.2) is 9.18 Å². The predicted molar refractivity (Wildman–Crippen MR) is 87.6 cm³/mol. The molecule has 1 fully saturated rings. The van der Waals surface area contributed by atoms with Crippen molar-refractivity contribution in [2.45, 2.75) is 45.1 Å². The van der Waals surface area contributed by atoms with E-state index < -0.39 is 24.0 Å². The van der Waals surface area contributed by atoms with E-state index in [-0.39, 0.29) is 6.54 Å². The summed E-state index contributed by atoms with van der Waals surface area (Å²) in [4.78, 5) is 13.3. The molecule has 128 valence electrons. The number of hydrogen-bond donors (Lipinski definition) is 1. The van der Waals surface area contributed by atoms with Gasteiger partial charge in [-0.3, -0.25) is 0 Å². The van der Waals surface area contributed by atoms with Crippen molar-refractivity contribution in [3.63, 3.8) is 0 Å². The second-order valence-corrected chi connectivity index (χ2v) is 6.98. The number of nitrogen functional groups attached to an aromatic ring is 1. The quantitative estimate of drug-likeness (QED) is 0.832. The van der Waals surface area contributed by atoms with Gasteiger partial charge in [0.2, 0.25) is 0 Å². The van der Waals surface area contributed by atoms with Crippen molar-refractivity contribution in [2.75, 3.05) is 18.8 Å². The van der Waals surface area contributed by atoms with E-state index in [4.69, 9.17) is 26.8 Å². The Hall–Kier alpha value is -1.69. The largest absolute Gasteiger partial charge is 0.486 e. The lowest BCUT2D eigenvalue weighted by atomic mass is 10.1. The zero-order chi connectivity index (χ0) is 17.2. The van der Waals surface area contributed by atoms with Crippen molar-refractivity contribution in [3.05, 3.63) is 23.2 Å². The average molecular weight is 345 g/mol. The number of hydrogen-bond acceptors (Lipinski definition) is 4. The molecule has 0 aliphatic carbocycles. The van der Waals surface area contributed by atoms with Crippen LogP contribution in [-0.4, -0.2) is 42.0 Å². The minimum absolute atomic E-state index is 0.0633.